The number of rotatable bonds is 14. The molecule has 4 nitrogen and oxygen atoms in total. The van der Waals surface area contributed by atoms with E-state index in [1.54, 1.807) is 0 Å². The first-order chi connectivity index (χ1) is 12.6. The summed E-state index contributed by atoms with van der Waals surface area (Å²) >= 11 is 0. The summed E-state index contributed by atoms with van der Waals surface area (Å²) in [6.07, 6.45) is 16.6. The number of ether oxygens (including phenoxy) is 1. The van der Waals surface area contributed by atoms with Crippen molar-refractivity contribution in [3.05, 3.63) is 12.2 Å². The molecule has 0 radical (unpaired) electrons. The van der Waals surface area contributed by atoms with E-state index in [1.807, 2.05) is 0 Å². The number of allylic oxidation sites excluding steroid dienone is 2. The first-order valence-electron chi connectivity index (χ1n) is 10.8. The monoisotopic (exact) mass is 366 g/mol. The first kappa shape index (κ1) is 21.4. The molecule has 1 saturated heterocycles. The third-order valence-electron chi connectivity index (χ3n) is 6.25. The predicted octanol–water partition coefficient (Wildman–Crippen LogP) is 4.95. The van der Waals surface area contributed by atoms with E-state index in [9.17, 15) is 9.90 Å². The second-order valence-corrected chi connectivity index (χ2v) is 8.27. The van der Waals surface area contributed by atoms with Crippen molar-refractivity contribution < 1.29 is 19.7 Å². The molecule has 150 valence electrons. The van der Waals surface area contributed by atoms with Gasteiger partial charge in [-0.25, -0.2) is 0 Å². The van der Waals surface area contributed by atoms with Gasteiger partial charge >= 0.3 is 5.97 Å². The van der Waals surface area contributed by atoms with E-state index < -0.39 is 5.97 Å². The third-order valence-corrected chi connectivity index (χ3v) is 6.25. The summed E-state index contributed by atoms with van der Waals surface area (Å²) in [5, 5.41) is 18.9. The van der Waals surface area contributed by atoms with Crippen LogP contribution in [-0.2, 0) is 9.53 Å². The zero-order valence-electron chi connectivity index (χ0n) is 16.4. The molecule has 0 aromatic rings. The van der Waals surface area contributed by atoms with Crippen molar-refractivity contribution >= 4 is 5.97 Å². The summed E-state index contributed by atoms with van der Waals surface area (Å²) in [5.41, 5.74) is 0. The molecule has 5 atom stereocenters. The van der Waals surface area contributed by atoms with Crippen molar-refractivity contribution in [1.29, 1.82) is 0 Å². The number of unbranched alkanes of at least 4 members (excludes halogenated alkanes) is 4. The molecule has 0 spiro atoms. The smallest absolute Gasteiger partial charge is 0.303 e. The quantitative estimate of drug-likeness (QED) is 0.337. The molecule has 1 aliphatic heterocycles. The Kier molecular flexibility index (Phi) is 9.69. The minimum absolute atomic E-state index is 0.147. The van der Waals surface area contributed by atoms with Gasteiger partial charge in [0.1, 0.15) is 0 Å². The summed E-state index contributed by atoms with van der Waals surface area (Å²) in [5.74, 6) is 1.30. The Hall–Kier alpha value is -0.870. The zero-order valence-corrected chi connectivity index (χ0v) is 16.4. The number of hydrogen-bond donors (Lipinski definition) is 2. The molecule has 2 bridgehead atoms. The van der Waals surface area contributed by atoms with Crippen LogP contribution in [0.1, 0.15) is 84.0 Å². The summed E-state index contributed by atoms with van der Waals surface area (Å²) in [6, 6.07) is 0. The average molecular weight is 367 g/mol. The standard InChI is InChI=1S/C22H38O4/c1-2-3-7-10-18(23)13-14-20-19(17-15-21(20)26-16-17)11-8-5-4-6-9-12-22(24)25/h5,8,17-21,23H,2-4,6-7,9-16H2,1H3,(H,24,25)/b8-5-/t17-,18-,19-,20?,21-/m0/s1. The minimum Gasteiger partial charge on any atom is -0.481 e. The van der Waals surface area contributed by atoms with Crippen LogP contribution < -0.4 is 0 Å². The van der Waals surface area contributed by atoms with Gasteiger partial charge in [-0.15, -0.1) is 0 Å². The van der Waals surface area contributed by atoms with Gasteiger partial charge in [0.05, 0.1) is 18.8 Å². The minimum atomic E-state index is -0.698. The normalized spacial score (nSPS) is 28.8. The number of carbonyl (C=O) groups is 1. The maximum absolute atomic E-state index is 10.5. The van der Waals surface area contributed by atoms with Gasteiger partial charge in [-0.1, -0.05) is 38.3 Å². The van der Waals surface area contributed by atoms with E-state index in [-0.39, 0.29) is 12.5 Å². The Labute approximate surface area is 159 Å². The molecule has 2 aliphatic rings. The molecule has 0 aromatic carbocycles. The van der Waals surface area contributed by atoms with Gasteiger partial charge in [0, 0.05) is 6.42 Å². The number of aliphatic hydroxyl groups is 1. The molecular weight excluding hydrogens is 328 g/mol. The van der Waals surface area contributed by atoms with Gasteiger partial charge in [-0.05, 0) is 69.1 Å². The lowest BCUT2D eigenvalue weighted by molar-refractivity contribution is -0.137. The zero-order chi connectivity index (χ0) is 18.8. The lowest BCUT2D eigenvalue weighted by atomic mass is 9.81. The highest BCUT2D eigenvalue weighted by atomic mass is 16.5. The van der Waals surface area contributed by atoms with E-state index in [2.05, 4.69) is 19.1 Å². The first-order valence-corrected chi connectivity index (χ1v) is 10.8. The van der Waals surface area contributed by atoms with E-state index in [0.717, 1.165) is 58.0 Å². The maximum Gasteiger partial charge on any atom is 0.303 e. The lowest BCUT2D eigenvalue weighted by Gasteiger charge is -2.31. The van der Waals surface area contributed by atoms with E-state index in [0.29, 0.717) is 23.9 Å². The molecule has 4 heteroatoms. The highest BCUT2D eigenvalue weighted by Crippen LogP contribution is 2.48. The largest absolute Gasteiger partial charge is 0.481 e. The molecule has 0 aromatic heterocycles. The molecule has 1 heterocycles. The van der Waals surface area contributed by atoms with Crippen LogP contribution in [0.15, 0.2) is 12.2 Å². The van der Waals surface area contributed by atoms with Crippen LogP contribution in [0.4, 0.5) is 0 Å². The second kappa shape index (κ2) is 11.8. The Morgan fingerprint density at radius 1 is 1.15 bits per heavy atom. The number of hydrogen-bond acceptors (Lipinski definition) is 3. The SMILES string of the molecule is CCCCC[C@H](O)CCC1[C@@H]2C[C@@H](CO2)[C@@H]1C/C=C\CCCCC(=O)O. The number of carboxylic acids is 1. The predicted molar refractivity (Wildman–Crippen MR) is 104 cm³/mol. The molecule has 2 rings (SSSR count). The van der Waals surface area contributed by atoms with Gasteiger partial charge < -0.3 is 14.9 Å². The van der Waals surface area contributed by atoms with Crippen LogP contribution in [0, 0.1) is 17.8 Å². The average Bonchev–Trinajstić information content (AvgIpc) is 3.20. The number of fused-ring (bicyclic) bond motifs is 2. The van der Waals surface area contributed by atoms with Crippen molar-refractivity contribution in [2.75, 3.05) is 6.61 Å². The number of carboxylic acid groups (broad SMARTS) is 1. The van der Waals surface area contributed by atoms with Crippen LogP contribution >= 0.6 is 0 Å². The van der Waals surface area contributed by atoms with Crippen LogP contribution in [-0.4, -0.2) is 35.0 Å². The summed E-state index contributed by atoms with van der Waals surface area (Å²) in [7, 11) is 0. The fraction of sp³-hybridized carbons (Fsp3) is 0.864. The maximum atomic E-state index is 10.5. The summed E-state index contributed by atoms with van der Waals surface area (Å²) in [4.78, 5) is 10.5. The fourth-order valence-electron chi connectivity index (χ4n) is 4.74. The van der Waals surface area contributed by atoms with Crippen LogP contribution in [0.5, 0.6) is 0 Å². The third kappa shape index (κ3) is 7.03. The van der Waals surface area contributed by atoms with Gasteiger partial charge in [-0.3, -0.25) is 4.79 Å². The fourth-order valence-corrected chi connectivity index (χ4v) is 4.74. The van der Waals surface area contributed by atoms with Gasteiger partial charge in [0.2, 0.25) is 0 Å². The summed E-state index contributed by atoms with van der Waals surface area (Å²) < 4.78 is 5.95. The molecular formula is C22H38O4. The van der Waals surface area contributed by atoms with Crippen LogP contribution in [0.25, 0.3) is 0 Å². The van der Waals surface area contributed by atoms with E-state index >= 15 is 0 Å². The molecule has 0 amide bonds. The summed E-state index contributed by atoms with van der Waals surface area (Å²) in [6.45, 7) is 3.11. The van der Waals surface area contributed by atoms with Crippen molar-refractivity contribution in [3.8, 4) is 0 Å². The Bertz CT molecular complexity index is 434. The molecule has 26 heavy (non-hydrogen) atoms. The topological polar surface area (TPSA) is 66.8 Å². The molecule has 2 fully saturated rings. The van der Waals surface area contributed by atoms with Gasteiger partial charge in [-0.2, -0.15) is 0 Å². The highest BCUT2D eigenvalue weighted by Gasteiger charge is 2.47. The van der Waals surface area contributed by atoms with Crippen molar-refractivity contribution in [3.63, 3.8) is 0 Å². The molecule has 2 N–H and O–H groups in total. The van der Waals surface area contributed by atoms with Crippen molar-refractivity contribution in [2.24, 2.45) is 17.8 Å². The Balaban J connectivity index is 1.68. The molecule has 1 unspecified atom stereocenters. The molecule has 1 aliphatic carbocycles. The van der Waals surface area contributed by atoms with Gasteiger partial charge in [0.15, 0.2) is 0 Å². The van der Waals surface area contributed by atoms with E-state index in [1.165, 1.54) is 19.3 Å². The number of aliphatic carboxylic acids is 1. The van der Waals surface area contributed by atoms with Crippen molar-refractivity contribution in [2.45, 2.75) is 96.2 Å². The lowest BCUT2D eigenvalue weighted by Crippen LogP contribution is -2.29. The van der Waals surface area contributed by atoms with E-state index in [4.69, 9.17) is 9.84 Å². The number of aliphatic hydroxyl groups excluding tert-OH is 1. The van der Waals surface area contributed by atoms with Gasteiger partial charge in [0.25, 0.3) is 0 Å². The molecule has 1 saturated carbocycles. The highest BCUT2D eigenvalue weighted by molar-refractivity contribution is 5.66. The Morgan fingerprint density at radius 2 is 2.00 bits per heavy atom. The van der Waals surface area contributed by atoms with Crippen molar-refractivity contribution in [1.82, 2.24) is 0 Å². The second-order valence-electron chi connectivity index (χ2n) is 8.27. The van der Waals surface area contributed by atoms with Crippen LogP contribution in [0.2, 0.25) is 0 Å². The van der Waals surface area contributed by atoms with Crippen LogP contribution in [0.3, 0.4) is 0 Å². The Morgan fingerprint density at radius 3 is 2.77 bits per heavy atom.